The highest BCUT2D eigenvalue weighted by Gasteiger charge is 2.22. The molecule has 0 atom stereocenters. The van der Waals surface area contributed by atoms with Crippen molar-refractivity contribution in [2.75, 3.05) is 25.5 Å². The Morgan fingerprint density at radius 3 is 2.82 bits per heavy atom. The lowest BCUT2D eigenvalue weighted by Gasteiger charge is -2.33. The van der Waals surface area contributed by atoms with E-state index in [1.807, 2.05) is 0 Å². The van der Waals surface area contributed by atoms with Crippen molar-refractivity contribution in [1.29, 1.82) is 0 Å². The molecule has 0 bridgehead atoms. The zero-order valence-electron chi connectivity index (χ0n) is 6.27. The normalized spacial score (nSPS) is 16.1. The Bertz CT molecular complexity index is 173. The van der Waals surface area contributed by atoms with Crippen molar-refractivity contribution in [3.63, 3.8) is 0 Å². The van der Waals surface area contributed by atoms with Crippen LogP contribution in [0.3, 0.4) is 0 Å². The second-order valence-electron chi connectivity index (χ2n) is 2.53. The van der Waals surface area contributed by atoms with E-state index < -0.39 is 0 Å². The number of nitrogens with one attached hydrogen (secondary N) is 1. The molecule has 1 heterocycles. The lowest BCUT2D eigenvalue weighted by molar-refractivity contribution is 0.192. The first kappa shape index (κ1) is 8.40. The van der Waals surface area contributed by atoms with Crippen LogP contribution in [-0.4, -0.2) is 36.4 Å². The molecule has 1 aliphatic rings. The van der Waals surface area contributed by atoms with E-state index in [4.69, 9.17) is 11.6 Å². The smallest absolute Gasteiger partial charge is 0.318 e. The Hall–Kier alpha value is -0.700. The van der Waals surface area contributed by atoms with E-state index in [0.717, 1.165) is 5.57 Å². The molecule has 1 aliphatic heterocycles. The van der Waals surface area contributed by atoms with Gasteiger partial charge in [-0.25, -0.2) is 4.79 Å². The molecule has 1 saturated heterocycles. The maximum atomic E-state index is 11.0. The van der Waals surface area contributed by atoms with Crippen molar-refractivity contribution < 1.29 is 4.79 Å². The zero-order valence-corrected chi connectivity index (χ0v) is 7.02. The van der Waals surface area contributed by atoms with Crippen molar-refractivity contribution in [3.8, 4) is 0 Å². The predicted molar refractivity (Wildman–Crippen MR) is 44.8 cm³/mol. The minimum atomic E-state index is -0.0435. The van der Waals surface area contributed by atoms with Gasteiger partial charge in [0.15, 0.2) is 0 Å². The molecule has 1 rings (SSSR count). The monoisotopic (exact) mass is 174 g/mol. The number of hydrogen-bond acceptors (Lipinski definition) is 1. The lowest BCUT2D eigenvalue weighted by atomic mass is 10.1. The van der Waals surface area contributed by atoms with E-state index in [-0.39, 0.29) is 6.03 Å². The molecule has 62 valence electrons. The number of nitrogens with zero attached hydrogens (tertiary/aromatic N) is 1. The van der Waals surface area contributed by atoms with Crippen molar-refractivity contribution in [2.45, 2.75) is 0 Å². The highest BCUT2D eigenvalue weighted by atomic mass is 35.5. The van der Waals surface area contributed by atoms with E-state index in [1.165, 1.54) is 0 Å². The summed E-state index contributed by atoms with van der Waals surface area (Å²) in [6.45, 7) is 5.63. The number of likely N-dealkylation sites (tertiary alicyclic amines) is 1. The molecule has 11 heavy (non-hydrogen) atoms. The second-order valence-corrected chi connectivity index (χ2v) is 2.90. The molecule has 0 spiro atoms. The van der Waals surface area contributed by atoms with Gasteiger partial charge in [-0.1, -0.05) is 6.58 Å². The molecule has 1 fully saturated rings. The SMILES string of the molecule is C=C1CN(C(=O)NCCCl)C1. The summed E-state index contributed by atoms with van der Waals surface area (Å²) in [6, 6.07) is -0.0435. The molecule has 4 heteroatoms. The third-order valence-electron chi connectivity index (χ3n) is 1.49. The van der Waals surface area contributed by atoms with Crippen molar-refractivity contribution in [3.05, 3.63) is 12.2 Å². The summed E-state index contributed by atoms with van der Waals surface area (Å²) in [5, 5.41) is 2.67. The first-order valence-electron chi connectivity index (χ1n) is 3.49. The average Bonchev–Trinajstić information content (AvgIpc) is 1.94. The minimum Gasteiger partial charge on any atom is -0.337 e. The van der Waals surface area contributed by atoms with Gasteiger partial charge in [0.25, 0.3) is 0 Å². The quantitative estimate of drug-likeness (QED) is 0.488. The van der Waals surface area contributed by atoms with E-state index in [1.54, 1.807) is 4.90 Å². The second kappa shape index (κ2) is 3.62. The summed E-state index contributed by atoms with van der Waals surface area (Å²) < 4.78 is 0. The largest absolute Gasteiger partial charge is 0.337 e. The Kier molecular flexibility index (Phi) is 2.76. The number of rotatable bonds is 2. The zero-order chi connectivity index (χ0) is 8.27. The highest BCUT2D eigenvalue weighted by Crippen LogP contribution is 2.10. The molecule has 2 amide bonds. The first-order valence-corrected chi connectivity index (χ1v) is 4.03. The molecule has 0 aliphatic carbocycles. The summed E-state index contributed by atoms with van der Waals surface area (Å²) in [6.07, 6.45) is 0. The summed E-state index contributed by atoms with van der Waals surface area (Å²) in [4.78, 5) is 12.7. The summed E-state index contributed by atoms with van der Waals surface area (Å²) >= 11 is 5.39. The molecule has 0 unspecified atom stereocenters. The molecular weight excluding hydrogens is 164 g/mol. The minimum absolute atomic E-state index is 0.0435. The fourth-order valence-electron chi connectivity index (χ4n) is 0.903. The lowest BCUT2D eigenvalue weighted by Crippen LogP contribution is -2.49. The number of alkyl halides is 1. The predicted octanol–water partition coefficient (Wildman–Crippen LogP) is 0.807. The number of carbonyl (C=O) groups excluding carboxylic acids is 1. The maximum absolute atomic E-state index is 11.0. The van der Waals surface area contributed by atoms with Crippen LogP contribution < -0.4 is 5.32 Å². The van der Waals surface area contributed by atoms with Gasteiger partial charge < -0.3 is 10.2 Å². The van der Waals surface area contributed by atoms with Gasteiger partial charge in [-0.3, -0.25) is 0 Å². The van der Waals surface area contributed by atoms with Crippen LogP contribution in [0, 0.1) is 0 Å². The van der Waals surface area contributed by atoms with Gasteiger partial charge in [0.05, 0.1) is 0 Å². The van der Waals surface area contributed by atoms with Gasteiger partial charge in [-0.05, 0) is 5.57 Å². The molecule has 0 saturated carbocycles. The van der Waals surface area contributed by atoms with Gasteiger partial charge in [0.1, 0.15) is 0 Å². The molecule has 0 aromatic carbocycles. The van der Waals surface area contributed by atoms with Crippen molar-refractivity contribution in [2.24, 2.45) is 0 Å². The van der Waals surface area contributed by atoms with Gasteiger partial charge in [0.2, 0.25) is 0 Å². The average molecular weight is 175 g/mol. The highest BCUT2D eigenvalue weighted by molar-refractivity contribution is 6.18. The molecule has 0 aromatic heterocycles. The van der Waals surface area contributed by atoms with Crippen LogP contribution in [0.2, 0.25) is 0 Å². The van der Waals surface area contributed by atoms with E-state index in [2.05, 4.69) is 11.9 Å². The Morgan fingerprint density at radius 2 is 2.36 bits per heavy atom. The van der Waals surface area contributed by atoms with Gasteiger partial charge >= 0.3 is 6.03 Å². The maximum Gasteiger partial charge on any atom is 0.318 e. The molecule has 0 radical (unpaired) electrons. The summed E-state index contributed by atoms with van der Waals surface area (Å²) in [5.41, 5.74) is 1.10. The van der Waals surface area contributed by atoms with Crippen LogP contribution in [0.15, 0.2) is 12.2 Å². The summed E-state index contributed by atoms with van der Waals surface area (Å²) in [7, 11) is 0. The standard InChI is InChI=1S/C7H11ClN2O/c1-6-4-10(5-6)7(11)9-3-2-8/h1-5H2,(H,9,11). The van der Waals surface area contributed by atoms with Crippen LogP contribution in [0.4, 0.5) is 4.79 Å². The van der Waals surface area contributed by atoms with Crippen LogP contribution >= 0.6 is 11.6 Å². The third-order valence-corrected chi connectivity index (χ3v) is 1.68. The first-order chi connectivity index (χ1) is 5.24. The number of carbonyl (C=O) groups is 1. The number of urea groups is 1. The topological polar surface area (TPSA) is 32.3 Å². The third kappa shape index (κ3) is 2.12. The fourth-order valence-corrected chi connectivity index (χ4v) is 0.998. The van der Waals surface area contributed by atoms with Crippen LogP contribution in [0.5, 0.6) is 0 Å². The van der Waals surface area contributed by atoms with Gasteiger partial charge in [0, 0.05) is 25.5 Å². The van der Waals surface area contributed by atoms with Crippen LogP contribution in [0.25, 0.3) is 0 Å². The molecule has 0 aromatic rings. The van der Waals surface area contributed by atoms with E-state index in [9.17, 15) is 4.79 Å². The van der Waals surface area contributed by atoms with Gasteiger partial charge in [-0.2, -0.15) is 0 Å². The Balaban J connectivity index is 2.16. The Morgan fingerprint density at radius 1 is 1.73 bits per heavy atom. The number of hydrogen-bond donors (Lipinski definition) is 1. The number of amides is 2. The van der Waals surface area contributed by atoms with E-state index in [0.29, 0.717) is 25.5 Å². The van der Waals surface area contributed by atoms with Crippen LogP contribution in [0.1, 0.15) is 0 Å². The van der Waals surface area contributed by atoms with E-state index >= 15 is 0 Å². The van der Waals surface area contributed by atoms with Crippen molar-refractivity contribution >= 4 is 17.6 Å². The fraction of sp³-hybridized carbons (Fsp3) is 0.571. The molecule has 3 nitrogen and oxygen atoms in total. The summed E-state index contributed by atoms with van der Waals surface area (Å²) in [5.74, 6) is 0.459. The van der Waals surface area contributed by atoms with Crippen LogP contribution in [-0.2, 0) is 0 Å². The van der Waals surface area contributed by atoms with Crippen molar-refractivity contribution in [1.82, 2.24) is 10.2 Å². The number of halogens is 1. The van der Waals surface area contributed by atoms with Gasteiger partial charge in [-0.15, -0.1) is 11.6 Å². The molecule has 1 N–H and O–H groups in total. The molecular formula is C7H11ClN2O. The Labute approximate surface area is 71.0 Å².